The van der Waals surface area contributed by atoms with E-state index < -0.39 is 5.97 Å². The van der Waals surface area contributed by atoms with Gasteiger partial charge in [-0.1, -0.05) is 13.8 Å². The normalized spacial score (nSPS) is 23.8. The van der Waals surface area contributed by atoms with Crippen LogP contribution in [0, 0.1) is 11.8 Å². The van der Waals surface area contributed by atoms with Crippen LogP contribution in [-0.4, -0.2) is 36.1 Å². The molecule has 2 rings (SSSR count). The van der Waals surface area contributed by atoms with E-state index in [1.165, 1.54) is 19.9 Å². The molecule has 0 aromatic carbocycles. The summed E-state index contributed by atoms with van der Waals surface area (Å²) < 4.78 is 4.67. The zero-order valence-electron chi connectivity index (χ0n) is 11.1. The third kappa shape index (κ3) is 2.78. The molecule has 0 unspecified atom stereocenters. The van der Waals surface area contributed by atoms with Gasteiger partial charge in [0.2, 0.25) is 0 Å². The first kappa shape index (κ1) is 12.8. The predicted molar refractivity (Wildman–Crippen MR) is 68.5 cm³/mol. The van der Waals surface area contributed by atoms with Crippen molar-refractivity contribution < 1.29 is 9.53 Å². The van der Waals surface area contributed by atoms with E-state index in [1.807, 2.05) is 0 Å². The summed E-state index contributed by atoms with van der Waals surface area (Å²) in [5.74, 6) is 1.68. The summed E-state index contributed by atoms with van der Waals surface area (Å²) in [5, 5.41) is 0. The van der Waals surface area contributed by atoms with Gasteiger partial charge in [0.1, 0.15) is 12.1 Å². The van der Waals surface area contributed by atoms with Crippen LogP contribution in [0.25, 0.3) is 0 Å². The number of nitrogens with zero attached hydrogens (tertiary/aromatic N) is 3. The van der Waals surface area contributed by atoms with Gasteiger partial charge >= 0.3 is 5.97 Å². The third-order valence-electron chi connectivity index (χ3n) is 3.24. The van der Waals surface area contributed by atoms with Crippen molar-refractivity contribution in [2.45, 2.75) is 20.3 Å². The fourth-order valence-corrected chi connectivity index (χ4v) is 2.59. The Morgan fingerprint density at radius 3 is 2.61 bits per heavy atom. The third-order valence-corrected chi connectivity index (χ3v) is 3.24. The molecule has 0 aliphatic carbocycles. The minimum absolute atomic E-state index is 0.313. The summed E-state index contributed by atoms with van der Waals surface area (Å²) in [7, 11) is 1.36. The number of rotatable bonds is 2. The standard InChI is InChI=1S/C13H19N3O2/c1-9-4-10(2)7-16(6-9)12-5-11(13(17)18-3)14-8-15-12/h5,8-10H,4,6-7H2,1-3H3/t9-,10-/m1/s1. The first-order valence-corrected chi connectivity index (χ1v) is 6.25. The van der Waals surface area contributed by atoms with E-state index in [9.17, 15) is 4.79 Å². The minimum Gasteiger partial charge on any atom is -0.464 e. The maximum Gasteiger partial charge on any atom is 0.356 e. The number of carbonyl (C=O) groups is 1. The van der Waals surface area contributed by atoms with Crippen LogP contribution in [0.5, 0.6) is 0 Å². The Morgan fingerprint density at radius 1 is 1.33 bits per heavy atom. The number of methoxy groups -OCH3 is 1. The molecule has 0 N–H and O–H groups in total. The molecule has 1 aliphatic rings. The SMILES string of the molecule is COC(=O)c1cc(N2C[C@H](C)C[C@@H](C)C2)ncn1. The molecule has 98 valence electrons. The van der Waals surface area contributed by atoms with Crippen LogP contribution in [0.1, 0.15) is 30.8 Å². The number of esters is 1. The summed E-state index contributed by atoms with van der Waals surface area (Å²) in [6.07, 6.45) is 2.66. The van der Waals surface area contributed by atoms with Gasteiger partial charge in [0, 0.05) is 19.2 Å². The van der Waals surface area contributed by atoms with E-state index >= 15 is 0 Å². The lowest BCUT2D eigenvalue weighted by atomic mass is 9.92. The molecule has 1 fully saturated rings. The predicted octanol–water partition coefficient (Wildman–Crippen LogP) is 1.75. The van der Waals surface area contributed by atoms with Crippen molar-refractivity contribution in [2.24, 2.45) is 11.8 Å². The van der Waals surface area contributed by atoms with Gasteiger partial charge in [-0.25, -0.2) is 14.8 Å². The Hall–Kier alpha value is -1.65. The van der Waals surface area contributed by atoms with Crippen LogP contribution in [0.15, 0.2) is 12.4 Å². The number of hydrogen-bond acceptors (Lipinski definition) is 5. The van der Waals surface area contributed by atoms with Crippen molar-refractivity contribution in [1.82, 2.24) is 9.97 Å². The molecule has 18 heavy (non-hydrogen) atoms. The average Bonchev–Trinajstić information content (AvgIpc) is 2.37. The Bertz CT molecular complexity index is 426. The number of hydrogen-bond donors (Lipinski definition) is 0. The lowest BCUT2D eigenvalue weighted by Gasteiger charge is -2.35. The summed E-state index contributed by atoms with van der Waals surface area (Å²) in [4.78, 5) is 21.8. The number of carbonyl (C=O) groups excluding carboxylic acids is 1. The second-order valence-corrected chi connectivity index (χ2v) is 5.10. The van der Waals surface area contributed by atoms with Crippen LogP contribution < -0.4 is 4.90 Å². The number of piperidine rings is 1. The Balaban J connectivity index is 2.20. The highest BCUT2D eigenvalue weighted by Gasteiger charge is 2.23. The topological polar surface area (TPSA) is 55.3 Å². The molecule has 0 spiro atoms. The first-order valence-electron chi connectivity index (χ1n) is 6.25. The number of ether oxygens (including phenoxy) is 1. The van der Waals surface area contributed by atoms with Crippen molar-refractivity contribution >= 4 is 11.8 Å². The van der Waals surface area contributed by atoms with Crippen LogP contribution in [-0.2, 0) is 4.74 Å². The van der Waals surface area contributed by atoms with Gasteiger partial charge in [0.25, 0.3) is 0 Å². The van der Waals surface area contributed by atoms with E-state index in [0.717, 1.165) is 18.9 Å². The molecule has 0 saturated carbocycles. The summed E-state index contributed by atoms with van der Waals surface area (Å²) >= 11 is 0. The van der Waals surface area contributed by atoms with Gasteiger partial charge in [0.15, 0.2) is 5.69 Å². The van der Waals surface area contributed by atoms with Crippen molar-refractivity contribution in [3.63, 3.8) is 0 Å². The van der Waals surface area contributed by atoms with Gasteiger partial charge in [-0.15, -0.1) is 0 Å². The smallest absolute Gasteiger partial charge is 0.356 e. The molecule has 2 heterocycles. The molecule has 2 atom stereocenters. The number of aromatic nitrogens is 2. The van der Waals surface area contributed by atoms with Crippen molar-refractivity contribution in [3.05, 3.63) is 18.1 Å². The highest BCUT2D eigenvalue weighted by Crippen LogP contribution is 2.24. The van der Waals surface area contributed by atoms with Crippen LogP contribution in [0.3, 0.4) is 0 Å². The van der Waals surface area contributed by atoms with Crippen LogP contribution in [0.4, 0.5) is 5.82 Å². The van der Waals surface area contributed by atoms with E-state index in [4.69, 9.17) is 0 Å². The molecule has 1 aromatic rings. The Kier molecular flexibility index (Phi) is 3.79. The number of anilines is 1. The van der Waals surface area contributed by atoms with Crippen molar-refractivity contribution in [3.8, 4) is 0 Å². The molecular formula is C13H19N3O2. The van der Waals surface area contributed by atoms with Gasteiger partial charge in [-0.05, 0) is 18.3 Å². The highest BCUT2D eigenvalue weighted by molar-refractivity contribution is 5.87. The van der Waals surface area contributed by atoms with Gasteiger partial charge in [-0.3, -0.25) is 0 Å². The van der Waals surface area contributed by atoms with E-state index in [0.29, 0.717) is 17.5 Å². The molecule has 0 amide bonds. The molecule has 1 saturated heterocycles. The van der Waals surface area contributed by atoms with Crippen LogP contribution >= 0.6 is 0 Å². The quantitative estimate of drug-likeness (QED) is 0.747. The fraction of sp³-hybridized carbons (Fsp3) is 0.615. The first-order chi connectivity index (χ1) is 8.60. The summed E-state index contributed by atoms with van der Waals surface area (Å²) in [5.41, 5.74) is 0.313. The zero-order valence-corrected chi connectivity index (χ0v) is 11.1. The molecule has 0 bridgehead atoms. The maximum atomic E-state index is 11.4. The zero-order chi connectivity index (χ0) is 13.1. The van der Waals surface area contributed by atoms with Crippen molar-refractivity contribution in [2.75, 3.05) is 25.1 Å². The van der Waals surface area contributed by atoms with Crippen LogP contribution in [0.2, 0.25) is 0 Å². The second kappa shape index (κ2) is 5.33. The lowest BCUT2D eigenvalue weighted by Crippen LogP contribution is -2.39. The molecule has 1 aromatic heterocycles. The fourth-order valence-electron chi connectivity index (χ4n) is 2.59. The second-order valence-electron chi connectivity index (χ2n) is 5.10. The van der Waals surface area contributed by atoms with Gasteiger partial charge in [-0.2, -0.15) is 0 Å². The van der Waals surface area contributed by atoms with E-state index in [2.05, 4.69) is 33.5 Å². The summed E-state index contributed by atoms with van der Waals surface area (Å²) in [6, 6.07) is 1.70. The minimum atomic E-state index is -0.420. The van der Waals surface area contributed by atoms with E-state index in [1.54, 1.807) is 6.07 Å². The molecule has 5 nitrogen and oxygen atoms in total. The molecule has 5 heteroatoms. The Labute approximate surface area is 107 Å². The summed E-state index contributed by atoms with van der Waals surface area (Å²) in [6.45, 7) is 6.43. The van der Waals surface area contributed by atoms with Gasteiger partial charge in [0.05, 0.1) is 7.11 Å². The van der Waals surface area contributed by atoms with Gasteiger partial charge < -0.3 is 9.64 Å². The average molecular weight is 249 g/mol. The molecular weight excluding hydrogens is 230 g/mol. The largest absolute Gasteiger partial charge is 0.464 e. The molecule has 0 radical (unpaired) electrons. The highest BCUT2D eigenvalue weighted by atomic mass is 16.5. The monoisotopic (exact) mass is 249 g/mol. The lowest BCUT2D eigenvalue weighted by molar-refractivity contribution is 0.0594. The Morgan fingerprint density at radius 2 is 2.00 bits per heavy atom. The maximum absolute atomic E-state index is 11.4. The molecule has 1 aliphatic heterocycles. The van der Waals surface area contributed by atoms with E-state index in [-0.39, 0.29) is 0 Å². The van der Waals surface area contributed by atoms with Crippen molar-refractivity contribution in [1.29, 1.82) is 0 Å².